The van der Waals surface area contributed by atoms with Crippen molar-refractivity contribution in [3.8, 4) is 11.1 Å². The Bertz CT molecular complexity index is 1810. The summed E-state index contributed by atoms with van der Waals surface area (Å²) >= 11 is 0. The van der Waals surface area contributed by atoms with Crippen molar-refractivity contribution in [1.82, 2.24) is 19.9 Å². The predicted molar refractivity (Wildman–Crippen MR) is 153 cm³/mol. The van der Waals surface area contributed by atoms with Crippen LogP contribution in [0.25, 0.3) is 22.0 Å². The molecule has 7 heteroatoms. The van der Waals surface area contributed by atoms with Crippen LogP contribution in [0.4, 0.5) is 0 Å². The topological polar surface area (TPSA) is 99.2 Å². The molecule has 1 amide bonds. The van der Waals surface area contributed by atoms with Gasteiger partial charge in [0.2, 0.25) is 0 Å². The molecule has 0 unspecified atom stereocenters. The van der Waals surface area contributed by atoms with Gasteiger partial charge in [0.05, 0.1) is 28.7 Å². The van der Waals surface area contributed by atoms with E-state index in [0.717, 1.165) is 46.1 Å². The number of rotatable bonds is 5. The summed E-state index contributed by atoms with van der Waals surface area (Å²) < 4.78 is 0. The molecule has 3 heterocycles. The van der Waals surface area contributed by atoms with E-state index in [9.17, 15) is 14.7 Å². The number of carbonyl (C=O) groups excluding carboxylic acids is 1. The summed E-state index contributed by atoms with van der Waals surface area (Å²) in [4.78, 5) is 40.5. The van der Waals surface area contributed by atoms with E-state index in [1.165, 1.54) is 0 Å². The summed E-state index contributed by atoms with van der Waals surface area (Å²) in [6.07, 6.45) is 2.80. The van der Waals surface area contributed by atoms with Gasteiger partial charge in [-0.05, 0) is 53.3 Å². The Hall–Kier alpha value is -4.62. The van der Waals surface area contributed by atoms with Crippen molar-refractivity contribution in [2.75, 3.05) is 6.54 Å². The molecule has 0 spiro atoms. The number of nitrogens with one attached hydrogen (secondary N) is 1. The molecule has 40 heavy (non-hydrogen) atoms. The Balaban J connectivity index is 1.12. The number of aliphatic hydroxyl groups is 1. The van der Waals surface area contributed by atoms with Crippen LogP contribution in [0.15, 0.2) is 95.9 Å². The predicted octanol–water partition coefficient (Wildman–Crippen LogP) is 4.68. The molecule has 7 rings (SSSR count). The minimum atomic E-state index is -1.33. The second-order valence-corrected chi connectivity index (χ2v) is 10.7. The number of benzene rings is 3. The summed E-state index contributed by atoms with van der Waals surface area (Å²) in [5.74, 6) is 0.289. The molecule has 7 nitrogen and oxygen atoms in total. The van der Waals surface area contributed by atoms with Crippen molar-refractivity contribution >= 4 is 16.8 Å². The van der Waals surface area contributed by atoms with Crippen LogP contribution in [0.5, 0.6) is 0 Å². The van der Waals surface area contributed by atoms with E-state index in [-0.39, 0.29) is 17.5 Å². The van der Waals surface area contributed by atoms with Gasteiger partial charge in [-0.2, -0.15) is 0 Å². The highest BCUT2D eigenvalue weighted by Gasteiger charge is 2.48. The largest absolute Gasteiger partial charge is 0.378 e. The van der Waals surface area contributed by atoms with Gasteiger partial charge in [-0.1, -0.05) is 66.7 Å². The molecule has 198 valence electrons. The van der Waals surface area contributed by atoms with Gasteiger partial charge in [0, 0.05) is 24.5 Å². The molecule has 1 fully saturated rings. The third-order valence-corrected chi connectivity index (χ3v) is 8.29. The highest BCUT2D eigenvalue weighted by molar-refractivity contribution is 5.85. The summed E-state index contributed by atoms with van der Waals surface area (Å²) in [6, 6.07) is 27.5. The number of carbonyl (C=O) groups is 1. The third kappa shape index (κ3) is 4.19. The van der Waals surface area contributed by atoms with Crippen LogP contribution in [0.3, 0.4) is 0 Å². The minimum Gasteiger partial charge on any atom is -0.378 e. The smallest absolute Gasteiger partial charge is 0.256 e. The molecule has 3 aromatic carbocycles. The second kappa shape index (κ2) is 9.54. The number of aromatic nitrogens is 3. The monoisotopic (exact) mass is 528 g/mol. The van der Waals surface area contributed by atoms with Crippen molar-refractivity contribution in [3.05, 3.63) is 130 Å². The lowest BCUT2D eigenvalue weighted by Crippen LogP contribution is -2.42. The number of fused-ring (bicyclic) bond motifs is 2. The van der Waals surface area contributed by atoms with Crippen LogP contribution in [-0.4, -0.2) is 37.4 Å². The maximum atomic E-state index is 13.4. The molecule has 0 radical (unpaired) electrons. The van der Waals surface area contributed by atoms with E-state index < -0.39 is 12.0 Å². The van der Waals surface area contributed by atoms with Crippen LogP contribution >= 0.6 is 0 Å². The van der Waals surface area contributed by atoms with Crippen molar-refractivity contribution in [1.29, 1.82) is 0 Å². The lowest BCUT2D eigenvalue weighted by molar-refractivity contribution is -0.141. The number of aromatic amines is 1. The van der Waals surface area contributed by atoms with Gasteiger partial charge < -0.3 is 15.0 Å². The number of aliphatic hydroxyl groups excluding tert-OH is 1. The van der Waals surface area contributed by atoms with Gasteiger partial charge in [0.15, 0.2) is 6.10 Å². The third-order valence-electron chi connectivity index (χ3n) is 8.29. The highest BCUT2D eigenvalue weighted by Crippen LogP contribution is 2.52. The standard InChI is InChI=1S/C33H28N4O3/c38-29(24-7-4-6-22(18-24)23-12-11-21-8-5-16-34-28(21)19-23)31(40)37-17-13-27-26(20-37)30(39)36-32(35-27)33(14-15-33)25-9-2-1-3-10-25/h1-12,16,18-19,29,38H,13-15,17,20H2,(H,35,36,39)/t29-/m1/s1. The molecule has 0 saturated heterocycles. The number of pyridine rings is 1. The zero-order valence-corrected chi connectivity index (χ0v) is 21.9. The zero-order chi connectivity index (χ0) is 27.3. The van der Waals surface area contributed by atoms with Crippen LogP contribution in [0.1, 0.15) is 47.2 Å². The van der Waals surface area contributed by atoms with Crippen molar-refractivity contribution < 1.29 is 9.90 Å². The average molecular weight is 529 g/mol. The number of nitrogens with zero attached hydrogens (tertiary/aromatic N) is 3. The van der Waals surface area contributed by atoms with Gasteiger partial charge in [0.1, 0.15) is 5.82 Å². The van der Waals surface area contributed by atoms with E-state index in [0.29, 0.717) is 29.9 Å². The van der Waals surface area contributed by atoms with Gasteiger partial charge in [0.25, 0.3) is 11.5 Å². The first-order valence-electron chi connectivity index (χ1n) is 13.6. The molecule has 1 saturated carbocycles. The van der Waals surface area contributed by atoms with Crippen LogP contribution in [0.2, 0.25) is 0 Å². The van der Waals surface area contributed by atoms with Gasteiger partial charge >= 0.3 is 0 Å². The average Bonchev–Trinajstić information content (AvgIpc) is 3.83. The molecule has 5 aromatic rings. The molecule has 0 bridgehead atoms. The van der Waals surface area contributed by atoms with E-state index in [4.69, 9.17) is 4.98 Å². The number of hydrogen-bond donors (Lipinski definition) is 2. The zero-order valence-electron chi connectivity index (χ0n) is 21.9. The van der Waals surface area contributed by atoms with E-state index in [1.54, 1.807) is 17.2 Å². The Labute approximate surface area is 231 Å². The molecule has 2 aliphatic rings. The fourth-order valence-corrected chi connectivity index (χ4v) is 5.83. The highest BCUT2D eigenvalue weighted by atomic mass is 16.3. The van der Waals surface area contributed by atoms with E-state index >= 15 is 0 Å². The quantitative estimate of drug-likeness (QED) is 0.345. The van der Waals surface area contributed by atoms with Gasteiger partial charge in [-0.3, -0.25) is 14.6 Å². The Kier molecular flexibility index (Phi) is 5.82. The Morgan fingerprint density at radius 2 is 1.77 bits per heavy atom. The minimum absolute atomic E-state index is 0.127. The number of hydrogen-bond acceptors (Lipinski definition) is 5. The summed E-state index contributed by atoms with van der Waals surface area (Å²) in [5.41, 5.74) is 5.20. The molecule has 2 N–H and O–H groups in total. The van der Waals surface area contributed by atoms with Crippen molar-refractivity contribution in [3.63, 3.8) is 0 Å². The summed E-state index contributed by atoms with van der Waals surface area (Å²) in [6.45, 7) is 0.523. The van der Waals surface area contributed by atoms with Crippen LogP contribution < -0.4 is 5.56 Å². The SMILES string of the molecule is O=C([C@H](O)c1cccc(-c2ccc3cccnc3c2)c1)N1CCc2nc(C3(c4ccccc4)CC3)[nH]c(=O)c2C1. The normalized spacial score (nSPS) is 16.4. The number of H-pyrrole nitrogens is 1. The van der Waals surface area contributed by atoms with E-state index in [1.807, 2.05) is 66.7 Å². The Morgan fingerprint density at radius 3 is 2.60 bits per heavy atom. The van der Waals surface area contributed by atoms with Gasteiger partial charge in [-0.25, -0.2) is 4.98 Å². The number of amides is 1. The second-order valence-electron chi connectivity index (χ2n) is 10.7. The maximum Gasteiger partial charge on any atom is 0.256 e. The lowest BCUT2D eigenvalue weighted by atomic mass is 9.94. The van der Waals surface area contributed by atoms with Crippen LogP contribution in [0, 0.1) is 0 Å². The molecular weight excluding hydrogens is 500 g/mol. The first-order valence-corrected chi connectivity index (χ1v) is 13.6. The molecule has 1 aliphatic carbocycles. The Morgan fingerprint density at radius 1 is 0.950 bits per heavy atom. The first-order chi connectivity index (χ1) is 19.5. The first kappa shape index (κ1) is 24.4. The van der Waals surface area contributed by atoms with E-state index in [2.05, 4.69) is 22.1 Å². The lowest BCUT2D eigenvalue weighted by Gasteiger charge is -2.30. The molecule has 1 atom stereocenters. The summed E-state index contributed by atoms with van der Waals surface area (Å²) in [7, 11) is 0. The fourth-order valence-electron chi connectivity index (χ4n) is 5.83. The molecule has 1 aliphatic heterocycles. The maximum absolute atomic E-state index is 13.4. The molecular formula is C33H28N4O3. The van der Waals surface area contributed by atoms with Crippen LogP contribution in [-0.2, 0) is 23.2 Å². The summed E-state index contributed by atoms with van der Waals surface area (Å²) in [5, 5.41) is 12.1. The molecule has 2 aromatic heterocycles. The van der Waals surface area contributed by atoms with Gasteiger partial charge in [-0.15, -0.1) is 0 Å². The fraction of sp³-hybridized carbons (Fsp3) is 0.212. The van der Waals surface area contributed by atoms with Crippen molar-refractivity contribution in [2.45, 2.75) is 37.3 Å². The van der Waals surface area contributed by atoms with Crippen molar-refractivity contribution in [2.24, 2.45) is 0 Å².